The highest BCUT2D eigenvalue weighted by molar-refractivity contribution is 5.86. The Morgan fingerprint density at radius 1 is 1.08 bits per heavy atom. The van der Waals surface area contributed by atoms with E-state index in [1.54, 1.807) is 29.8 Å². The third-order valence-corrected chi connectivity index (χ3v) is 8.14. The number of fused-ring (bicyclic) bond motifs is 1. The Labute approximate surface area is 226 Å². The second-order valence-corrected chi connectivity index (χ2v) is 10.8. The van der Waals surface area contributed by atoms with E-state index in [1.165, 1.54) is 4.90 Å². The quantitative estimate of drug-likeness (QED) is 0.542. The number of halogens is 3. The number of hydrogen-bond acceptors (Lipinski definition) is 4. The van der Waals surface area contributed by atoms with E-state index in [1.807, 2.05) is 31.2 Å². The number of benzene rings is 2. The molecule has 10 heteroatoms. The van der Waals surface area contributed by atoms with Crippen molar-refractivity contribution in [2.75, 3.05) is 33.4 Å². The highest BCUT2D eigenvalue weighted by Crippen LogP contribution is 2.49. The lowest BCUT2D eigenvalue weighted by Gasteiger charge is -2.46. The smallest absolute Gasteiger partial charge is 0.396 e. The fourth-order valence-corrected chi connectivity index (χ4v) is 6.32. The maximum atomic E-state index is 13.9. The molecule has 0 bridgehead atoms. The lowest BCUT2D eigenvalue weighted by atomic mass is 9.77. The molecule has 2 aliphatic rings. The molecule has 2 N–H and O–H groups in total. The minimum atomic E-state index is -4.49. The predicted octanol–water partition coefficient (Wildman–Crippen LogP) is 4.28. The van der Waals surface area contributed by atoms with Gasteiger partial charge in [0.2, 0.25) is 5.91 Å². The van der Waals surface area contributed by atoms with Crippen LogP contribution in [-0.2, 0) is 17.5 Å². The van der Waals surface area contributed by atoms with Gasteiger partial charge in [0.25, 0.3) is 0 Å². The van der Waals surface area contributed by atoms with E-state index >= 15 is 0 Å². The molecule has 0 spiro atoms. The van der Waals surface area contributed by atoms with Gasteiger partial charge in [-0.3, -0.25) is 4.79 Å². The summed E-state index contributed by atoms with van der Waals surface area (Å²) in [5, 5.41) is 19.5. The summed E-state index contributed by atoms with van der Waals surface area (Å²) in [4.78, 5) is 32.4. The van der Waals surface area contributed by atoms with Crippen molar-refractivity contribution >= 4 is 11.9 Å². The van der Waals surface area contributed by atoms with Gasteiger partial charge in [0.1, 0.15) is 0 Å². The summed E-state index contributed by atoms with van der Waals surface area (Å²) in [5.41, 5.74) is 1.02. The van der Waals surface area contributed by atoms with Gasteiger partial charge in [0.05, 0.1) is 23.1 Å². The molecule has 3 amide bonds. The Balaban J connectivity index is 1.67. The average Bonchev–Trinajstić information content (AvgIpc) is 3.14. The van der Waals surface area contributed by atoms with Crippen molar-refractivity contribution in [3.05, 3.63) is 70.3 Å². The van der Waals surface area contributed by atoms with Crippen molar-refractivity contribution in [2.45, 2.75) is 57.9 Å². The number of nitrogens with zero attached hydrogens (tertiary/aromatic N) is 3. The first-order valence-corrected chi connectivity index (χ1v) is 13.2. The average molecular weight is 548 g/mol. The van der Waals surface area contributed by atoms with Crippen LogP contribution < -0.4 is 0 Å². The van der Waals surface area contributed by atoms with Crippen molar-refractivity contribution in [3.63, 3.8) is 0 Å². The fourth-order valence-electron chi connectivity index (χ4n) is 6.32. The highest BCUT2D eigenvalue weighted by Gasteiger charge is 2.56. The Morgan fingerprint density at radius 2 is 1.74 bits per heavy atom. The molecule has 2 aromatic carbocycles. The summed E-state index contributed by atoms with van der Waals surface area (Å²) in [6.07, 6.45) is -3.65. The number of aryl methyl sites for hydroxylation is 2. The van der Waals surface area contributed by atoms with E-state index in [9.17, 15) is 33.0 Å². The number of amides is 3. The number of urea groups is 1. The second-order valence-electron chi connectivity index (χ2n) is 10.8. The van der Waals surface area contributed by atoms with Crippen molar-refractivity contribution in [2.24, 2.45) is 5.41 Å². The molecule has 2 fully saturated rings. The molecule has 2 aromatic rings. The molecule has 2 aliphatic heterocycles. The maximum absolute atomic E-state index is 13.9. The summed E-state index contributed by atoms with van der Waals surface area (Å²) in [5.74, 6) is -0.117. The van der Waals surface area contributed by atoms with Gasteiger partial charge < -0.3 is 24.9 Å². The highest BCUT2D eigenvalue weighted by atomic mass is 19.4. The largest absolute Gasteiger partial charge is 0.416 e. The molecule has 39 heavy (non-hydrogen) atoms. The number of alkyl halides is 3. The molecule has 0 unspecified atom stereocenters. The maximum Gasteiger partial charge on any atom is 0.416 e. The van der Waals surface area contributed by atoms with E-state index in [-0.39, 0.29) is 57.1 Å². The van der Waals surface area contributed by atoms with Crippen LogP contribution in [0.2, 0.25) is 0 Å². The minimum absolute atomic E-state index is 0.00708. The number of piperazine rings is 1. The predicted molar refractivity (Wildman–Crippen MR) is 140 cm³/mol. The molecule has 2 saturated heterocycles. The zero-order valence-corrected chi connectivity index (χ0v) is 22.5. The molecule has 0 aliphatic carbocycles. The molecule has 2 atom stereocenters. The van der Waals surface area contributed by atoms with Crippen molar-refractivity contribution in [1.29, 1.82) is 0 Å². The van der Waals surface area contributed by atoms with Gasteiger partial charge in [0, 0.05) is 39.9 Å². The molecular formula is C29H36F3N3O4. The van der Waals surface area contributed by atoms with Crippen molar-refractivity contribution < 1.29 is 33.0 Å². The zero-order chi connectivity index (χ0) is 28.5. The summed E-state index contributed by atoms with van der Waals surface area (Å²) >= 11 is 0. The standard InChI is InChI=1S/C29H36F3N3O4/c1-19-14-21(16-22(15-19)29(30,31)32)18-33(3)27(39)35-11-10-34-24(25(35)23-7-5-4-6-20(23)2)17-28(8-12-36,9-13-37)26(34)38/h4-7,14-16,24-25,36-37H,8-13,17-18H2,1-3H3/t24-,25-/m0/s1. The van der Waals surface area contributed by atoms with E-state index in [4.69, 9.17) is 0 Å². The number of aliphatic hydroxyl groups excluding tert-OH is 2. The molecule has 2 heterocycles. The summed E-state index contributed by atoms with van der Waals surface area (Å²) in [6.45, 7) is 3.69. The Morgan fingerprint density at radius 3 is 2.36 bits per heavy atom. The van der Waals surface area contributed by atoms with Crippen molar-refractivity contribution in [1.82, 2.24) is 14.7 Å². The third kappa shape index (κ3) is 5.63. The van der Waals surface area contributed by atoms with E-state index in [0.717, 1.165) is 23.3 Å². The summed E-state index contributed by atoms with van der Waals surface area (Å²) < 4.78 is 40.2. The first-order chi connectivity index (χ1) is 18.4. The van der Waals surface area contributed by atoms with Crippen LogP contribution >= 0.6 is 0 Å². The Bertz CT molecular complexity index is 1210. The van der Waals surface area contributed by atoms with Gasteiger partial charge in [-0.05, 0) is 61.9 Å². The van der Waals surface area contributed by atoms with Crippen LogP contribution in [0.25, 0.3) is 0 Å². The number of rotatable bonds is 7. The van der Waals surface area contributed by atoms with Gasteiger partial charge in [-0.25, -0.2) is 4.79 Å². The van der Waals surface area contributed by atoms with Crippen LogP contribution in [0.5, 0.6) is 0 Å². The molecule has 212 valence electrons. The monoisotopic (exact) mass is 547 g/mol. The van der Waals surface area contributed by atoms with Crippen LogP contribution in [0.4, 0.5) is 18.0 Å². The molecule has 4 rings (SSSR count). The van der Waals surface area contributed by atoms with E-state index in [0.29, 0.717) is 24.1 Å². The van der Waals surface area contributed by atoms with Gasteiger partial charge >= 0.3 is 12.2 Å². The van der Waals surface area contributed by atoms with Gasteiger partial charge in [-0.2, -0.15) is 13.2 Å². The first kappa shape index (κ1) is 28.9. The van der Waals surface area contributed by atoms with Crippen LogP contribution in [0.15, 0.2) is 42.5 Å². The lowest BCUT2D eigenvalue weighted by Crippen LogP contribution is -2.57. The topological polar surface area (TPSA) is 84.3 Å². The van der Waals surface area contributed by atoms with Crippen LogP contribution in [0.3, 0.4) is 0 Å². The Hall–Kier alpha value is -3.11. The van der Waals surface area contributed by atoms with E-state index in [2.05, 4.69) is 0 Å². The third-order valence-electron chi connectivity index (χ3n) is 8.14. The minimum Gasteiger partial charge on any atom is -0.396 e. The first-order valence-electron chi connectivity index (χ1n) is 13.2. The summed E-state index contributed by atoms with van der Waals surface area (Å²) in [6, 6.07) is 10.3. The van der Waals surface area contributed by atoms with Gasteiger partial charge in [-0.1, -0.05) is 35.9 Å². The second kappa shape index (κ2) is 11.2. The van der Waals surface area contributed by atoms with Gasteiger partial charge in [-0.15, -0.1) is 0 Å². The zero-order valence-electron chi connectivity index (χ0n) is 22.5. The summed E-state index contributed by atoms with van der Waals surface area (Å²) in [7, 11) is 1.57. The number of carbonyl (C=O) groups excluding carboxylic acids is 2. The molecule has 0 saturated carbocycles. The fraction of sp³-hybridized carbons (Fsp3) is 0.517. The Kier molecular flexibility index (Phi) is 8.28. The number of aliphatic hydroxyl groups is 2. The normalized spacial score (nSPS) is 20.8. The molecule has 7 nitrogen and oxygen atoms in total. The number of carbonyl (C=O) groups is 2. The van der Waals surface area contributed by atoms with Crippen LogP contribution in [0.1, 0.15) is 53.1 Å². The molecule has 0 radical (unpaired) electrons. The van der Waals surface area contributed by atoms with E-state index < -0.39 is 23.2 Å². The number of hydrogen-bond donors (Lipinski definition) is 2. The molecular weight excluding hydrogens is 511 g/mol. The van der Waals surface area contributed by atoms with Crippen LogP contribution in [0, 0.1) is 19.3 Å². The van der Waals surface area contributed by atoms with Crippen LogP contribution in [-0.4, -0.2) is 76.2 Å². The molecule has 0 aromatic heterocycles. The van der Waals surface area contributed by atoms with Gasteiger partial charge in [0.15, 0.2) is 0 Å². The lowest BCUT2D eigenvalue weighted by molar-refractivity contribution is -0.140. The SMILES string of the molecule is Cc1cc(CN(C)C(=O)N2CCN3C(=O)C(CCO)(CCO)C[C@H]3[C@@H]2c2ccccc2C)cc(C(F)(F)F)c1. The van der Waals surface area contributed by atoms with Crippen molar-refractivity contribution in [3.8, 4) is 0 Å².